The smallest absolute Gasteiger partial charge is 0.262 e. The van der Waals surface area contributed by atoms with Gasteiger partial charge in [-0.05, 0) is 49.6 Å². The Morgan fingerprint density at radius 3 is 2.37 bits per heavy atom. The molecule has 2 aromatic rings. The minimum absolute atomic E-state index is 0.0111. The monoisotopic (exact) mass is 427 g/mol. The third kappa shape index (κ3) is 3.45. The van der Waals surface area contributed by atoms with E-state index in [1.807, 2.05) is 0 Å². The second-order valence-corrected chi connectivity index (χ2v) is 9.39. The number of nitrogens with zero attached hydrogens (tertiary/aromatic N) is 2. The maximum atomic E-state index is 12.5. The van der Waals surface area contributed by atoms with Gasteiger partial charge < -0.3 is 5.32 Å². The van der Waals surface area contributed by atoms with Crippen molar-refractivity contribution in [3.63, 3.8) is 0 Å². The van der Waals surface area contributed by atoms with Crippen molar-refractivity contribution in [1.29, 1.82) is 0 Å². The summed E-state index contributed by atoms with van der Waals surface area (Å²) in [5, 5.41) is 2.67. The Morgan fingerprint density at radius 2 is 1.73 bits per heavy atom. The minimum atomic E-state index is -3.42. The van der Waals surface area contributed by atoms with Crippen LogP contribution in [0.4, 0.5) is 11.4 Å². The highest BCUT2D eigenvalue weighted by molar-refractivity contribution is 7.92. The summed E-state index contributed by atoms with van der Waals surface area (Å²) >= 11 is 0. The molecule has 0 bridgehead atoms. The number of imide groups is 1. The van der Waals surface area contributed by atoms with E-state index in [-0.39, 0.29) is 16.9 Å². The van der Waals surface area contributed by atoms with Gasteiger partial charge in [-0.2, -0.15) is 0 Å². The zero-order valence-corrected chi connectivity index (χ0v) is 17.2. The van der Waals surface area contributed by atoms with E-state index in [0.29, 0.717) is 17.9 Å². The molecule has 2 aliphatic rings. The third-order valence-electron chi connectivity index (χ3n) is 5.33. The molecule has 0 aliphatic carbocycles. The molecule has 0 fully saturated rings. The van der Waals surface area contributed by atoms with Crippen molar-refractivity contribution in [3.8, 4) is 0 Å². The van der Waals surface area contributed by atoms with Crippen molar-refractivity contribution in [2.24, 2.45) is 0 Å². The second kappa shape index (κ2) is 7.56. The number of hydrogen-bond acceptors (Lipinski definition) is 5. The number of amides is 3. The van der Waals surface area contributed by atoms with Crippen LogP contribution in [0.3, 0.4) is 0 Å². The maximum Gasteiger partial charge on any atom is 0.262 e. The highest BCUT2D eigenvalue weighted by atomic mass is 32.2. The van der Waals surface area contributed by atoms with Gasteiger partial charge in [0.2, 0.25) is 15.9 Å². The van der Waals surface area contributed by atoms with Crippen molar-refractivity contribution in [2.75, 3.05) is 28.5 Å². The number of benzene rings is 2. The summed E-state index contributed by atoms with van der Waals surface area (Å²) in [5.41, 5.74) is 2.43. The number of aryl methyl sites for hydroxylation is 1. The van der Waals surface area contributed by atoms with Crippen LogP contribution in [0.25, 0.3) is 0 Å². The van der Waals surface area contributed by atoms with Crippen LogP contribution < -0.4 is 9.62 Å². The number of carbonyl (C=O) groups is 3. The number of rotatable bonds is 5. The Balaban J connectivity index is 1.52. The van der Waals surface area contributed by atoms with Crippen molar-refractivity contribution in [3.05, 3.63) is 59.2 Å². The number of carbonyl (C=O) groups excluding carboxylic acids is 3. The summed E-state index contributed by atoms with van der Waals surface area (Å²) in [7, 11) is -3.42. The molecular formula is C21H21N3O5S. The molecule has 30 heavy (non-hydrogen) atoms. The second-order valence-electron chi connectivity index (χ2n) is 7.21. The van der Waals surface area contributed by atoms with Gasteiger partial charge >= 0.3 is 0 Å². The molecule has 0 saturated carbocycles. The van der Waals surface area contributed by atoms with Crippen LogP contribution in [0.1, 0.15) is 39.6 Å². The summed E-state index contributed by atoms with van der Waals surface area (Å²) in [4.78, 5) is 38.3. The zero-order valence-electron chi connectivity index (χ0n) is 16.4. The zero-order chi connectivity index (χ0) is 21.5. The normalized spacial score (nSPS) is 15.8. The molecule has 0 spiro atoms. The fourth-order valence-corrected chi connectivity index (χ4v) is 4.98. The third-order valence-corrected chi connectivity index (χ3v) is 7.11. The lowest BCUT2D eigenvalue weighted by atomic mass is 10.0. The topological polar surface area (TPSA) is 104 Å². The van der Waals surface area contributed by atoms with Crippen LogP contribution in [0.15, 0.2) is 42.5 Å². The van der Waals surface area contributed by atoms with Gasteiger partial charge in [-0.15, -0.1) is 0 Å². The SMILES string of the molecule is CCS(=O)(=O)N1CCCc2ccc(NC(=O)CN3C(=O)c4ccccc4C3=O)cc21. The molecule has 0 radical (unpaired) electrons. The molecule has 9 heteroatoms. The molecule has 0 unspecified atom stereocenters. The first-order valence-electron chi connectivity index (χ1n) is 9.70. The quantitative estimate of drug-likeness (QED) is 0.736. The van der Waals surface area contributed by atoms with E-state index >= 15 is 0 Å². The summed E-state index contributed by atoms with van der Waals surface area (Å²) in [6, 6.07) is 11.6. The van der Waals surface area contributed by atoms with Crippen molar-refractivity contribution in [1.82, 2.24) is 4.90 Å². The van der Waals surface area contributed by atoms with E-state index in [1.165, 1.54) is 4.31 Å². The number of sulfonamides is 1. The molecule has 4 rings (SSSR count). The van der Waals surface area contributed by atoms with E-state index in [2.05, 4.69) is 5.32 Å². The summed E-state index contributed by atoms with van der Waals surface area (Å²) < 4.78 is 26.2. The molecule has 2 aliphatic heterocycles. The predicted octanol–water partition coefficient (Wildman–Crippen LogP) is 2.02. The predicted molar refractivity (Wildman–Crippen MR) is 112 cm³/mol. The largest absolute Gasteiger partial charge is 0.324 e. The van der Waals surface area contributed by atoms with Crippen molar-refractivity contribution >= 4 is 39.1 Å². The fraction of sp³-hybridized carbons (Fsp3) is 0.286. The summed E-state index contributed by atoms with van der Waals surface area (Å²) in [6.07, 6.45) is 1.49. The number of fused-ring (bicyclic) bond motifs is 2. The first kappa shape index (κ1) is 20.1. The van der Waals surface area contributed by atoms with Crippen LogP contribution in [0, 0.1) is 0 Å². The number of anilines is 2. The van der Waals surface area contributed by atoms with Gasteiger partial charge in [-0.3, -0.25) is 23.6 Å². The van der Waals surface area contributed by atoms with E-state index in [0.717, 1.165) is 23.3 Å². The van der Waals surface area contributed by atoms with Gasteiger partial charge in [0.1, 0.15) is 6.54 Å². The Morgan fingerprint density at radius 1 is 1.07 bits per heavy atom. The Kier molecular flexibility index (Phi) is 5.07. The number of hydrogen-bond donors (Lipinski definition) is 1. The van der Waals surface area contributed by atoms with E-state index in [4.69, 9.17) is 0 Å². The summed E-state index contributed by atoms with van der Waals surface area (Å²) in [6.45, 7) is 1.58. The lowest BCUT2D eigenvalue weighted by Crippen LogP contribution is -2.38. The van der Waals surface area contributed by atoms with Gasteiger partial charge in [0.25, 0.3) is 11.8 Å². The lowest BCUT2D eigenvalue weighted by Gasteiger charge is -2.30. The number of nitrogens with one attached hydrogen (secondary N) is 1. The fourth-order valence-electron chi connectivity index (χ4n) is 3.79. The average molecular weight is 427 g/mol. The Labute approximate surface area is 174 Å². The highest BCUT2D eigenvalue weighted by Gasteiger charge is 2.36. The molecule has 0 saturated heterocycles. The van der Waals surface area contributed by atoms with Crippen LogP contribution in [0.5, 0.6) is 0 Å². The molecule has 8 nitrogen and oxygen atoms in total. The molecule has 156 valence electrons. The van der Waals surface area contributed by atoms with Gasteiger partial charge in [-0.1, -0.05) is 18.2 Å². The van der Waals surface area contributed by atoms with Gasteiger partial charge in [-0.25, -0.2) is 8.42 Å². The highest BCUT2D eigenvalue weighted by Crippen LogP contribution is 2.32. The molecule has 1 N–H and O–H groups in total. The van der Waals surface area contributed by atoms with Crippen LogP contribution >= 0.6 is 0 Å². The first-order chi connectivity index (χ1) is 14.3. The summed E-state index contributed by atoms with van der Waals surface area (Å²) in [5.74, 6) is -1.55. The van der Waals surface area contributed by atoms with E-state index in [1.54, 1.807) is 49.4 Å². The van der Waals surface area contributed by atoms with Gasteiger partial charge in [0.05, 0.1) is 22.6 Å². The maximum absolute atomic E-state index is 12.5. The Bertz CT molecular complexity index is 1120. The molecule has 3 amide bonds. The lowest BCUT2D eigenvalue weighted by molar-refractivity contribution is -0.116. The van der Waals surface area contributed by atoms with Crippen LogP contribution in [-0.4, -0.2) is 49.9 Å². The minimum Gasteiger partial charge on any atom is -0.324 e. The average Bonchev–Trinajstić information content (AvgIpc) is 2.98. The van der Waals surface area contributed by atoms with Crippen molar-refractivity contribution < 1.29 is 22.8 Å². The molecule has 0 atom stereocenters. The molecule has 2 heterocycles. The van der Waals surface area contributed by atoms with E-state index in [9.17, 15) is 22.8 Å². The first-order valence-corrected chi connectivity index (χ1v) is 11.3. The van der Waals surface area contributed by atoms with Crippen molar-refractivity contribution in [2.45, 2.75) is 19.8 Å². The molecule has 0 aromatic heterocycles. The van der Waals surface area contributed by atoms with E-state index < -0.39 is 34.3 Å². The van der Waals surface area contributed by atoms with Crippen LogP contribution in [0.2, 0.25) is 0 Å². The van der Waals surface area contributed by atoms with Gasteiger partial charge in [0.15, 0.2) is 0 Å². The standard InChI is InChI=1S/C21H21N3O5S/c1-2-30(28,29)24-11-5-6-14-9-10-15(12-18(14)24)22-19(25)13-23-20(26)16-7-3-4-8-17(16)21(23)27/h3-4,7-10,12H,2,5-6,11,13H2,1H3,(H,22,25). The van der Waals surface area contributed by atoms with Gasteiger partial charge in [0, 0.05) is 12.2 Å². The molecular weight excluding hydrogens is 406 g/mol. The Hall–Kier alpha value is -3.20. The molecule has 2 aromatic carbocycles. The van der Waals surface area contributed by atoms with Crippen LogP contribution in [-0.2, 0) is 21.2 Å².